The van der Waals surface area contributed by atoms with Gasteiger partial charge in [-0.05, 0) is 23.3 Å². The average molecular weight is 211 g/mol. The summed E-state index contributed by atoms with van der Waals surface area (Å²) in [5.74, 6) is 0.415. The number of tetrazole rings is 1. The van der Waals surface area contributed by atoms with Gasteiger partial charge in [-0.2, -0.15) is 0 Å². The summed E-state index contributed by atoms with van der Waals surface area (Å²) in [5, 5.41) is 13.5. The number of carbonyl (C=O) groups excluding carboxylic acids is 1. The molecule has 1 aromatic rings. The zero-order valence-electron chi connectivity index (χ0n) is 9.34. The van der Waals surface area contributed by atoms with E-state index in [0.717, 1.165) is 6.42 Å². The molecule has 0 spiro atoms. The monoisotopic (exact) mass is 211 g/mol. The Balaban J connectivity index is 2.36. The Bertz CT molecular complexity index is 297. The van der Waals surface area contributed by atoms with Crippen LogP contribution in [0.1, 0.15) is 27.2 Å². The Morgan fingerprint density at radius 3 is 2.80 bits per heavy atom. The third-order valence-corrected chi connectivity index (χ3v) is 2.58. The molecule has 0 radical (unpaired) electrons. The lowest BCUT2D eigenvalue weighted by Gasteiger charge is -2.19. The van der Waals surface area contributed by atoms with Crippen LogP contribution in [0.3, 0.4) is 0 Å². The van der Waals surface area contributed by atoms with E-state index < -0.39 is 0 Å². The molecule has 0 aliphatic heterocycles. The third-order valence-electron chi connectivity index (χ3n) is 2.58. The molecule has 0 aliphatic carbocycles. The number of hydrogen-bond donors (Lipinski definition) is 1. The van der Waals surface area contributed by atoms with Gasteiger partial charge >= 0.3 is 0 Å². The SMILES string of the molecule is CCC(C)C(C)NC(=O)Cn1cnnn1. The molecule has 0 aliphatic rings. The van der Waals surface area contributed by atoms with Crippen molar-refractivity contribution in [1.29, 1.82) is 0 Å². The first kappa shape index (κ1) is 11.6. The van der Waals surface area contributed by atoms with E-state index in [4.69, 9.17) is 0 Å². The smallest absolute Gasteiger partial charge is 0.242 e. The molecular weight excluding hydrogens is 194 g/mol. The second-order valence-corrected chi connectivity index (χ2v) is 3.75. The van der Waals surface area contributed by atoms with Crippen LogP contribution in [0, 0.1) is 5.92 Å². The first-order valence-corrected chi connectivity index (χ1v) is 5.13. The number of rotatable bonds is 5. The predicted octanol–water partition coefficient (Wildman–Crippen LogP) is 0.224. The van der Waals surface area contributed by atoms with Gasteiger partial charge < -0.3 is 5.32 Å². The van der Waals surface area contributed by atoms with E-state index in [0.29, 0.717) is 5.92 Å². The molecule has 1 N–H and O–H groups in total. The lowest BCUT2D eigenvalue weighted by molar-refractivity contribution is -0.122. The summed E-state index contributed by atoms with van der Waals surface area (Å²) < 4.78 is 1.40. The Labute approximate surface area is 89.0 Å². The van der Waals surface area contributed by atoms with Crippen molar-refractivity contribution in [2.45, 2.75) is 39.8 Å². The van der Waals surface area contributed by atoms with E-state index >= 15 is 0 Å². The number of carbonyl (C=O) groups is 1. The molecule has 84 valence electrons. The van der Waals surface area contributed by atoms with Crippen molar-refractivity contribution in [3.63, 3.8) is 0 Å². The summed E-state index contributed by atoms with van der Waals surface area (Å²) in [5.41, 5.74) is 0. The summed E-state index contributed by atoms with van der Waals surface area (Å²) in [4.78, 5) is 11.5. The topological polar surface area (TPSA) is 72.7 Å². The van der Waals surface area contributed by atoms with Crippen molar-refractivity contribution >= 4 is 5.91 Å². The lowest BCUT2D eigenvalue weighted by Crippen LogP contribution is -2.38. The molecular formula is C9H17N5O. The van der Waals surface area contributed by atoms with E-state index in [2.05, 4.69) is 34.7 Å². The van der Waals surface area contributed by atoms with Crippen LogP contribution in [-0.4, -0.2) is 32.2 Å². The lowest BCUT2D eigenvalue weighted by atomic mass is 10.0. The second-order valence-electron chi connectivity index (χ2n) is 3.75. The van der Waals surface area contributed by atoms with E-state index in [9.17, 15) is 4.79 Å². The number of amides is 1. The highest BCUT2D eigenvalue weighted by molar-refractivity contribution is 5.75. The first-order chi connectivity index (χ1) is 7.13. The highest BCUT2D eigenvalue weighted by atomic mass is 16.2. The molecule has 1 heterocycles. The average Bonchev–Trinajstić information content (AvgIpc) is 2.68. The minimum atomic E-state index is -0.0601. The summed E-state index contributed by atoms with van der Waals surface area (Å²) in [6, 6.07) is 0.180. The molecule has 1 rings (SSSR count). The number of aromatic nitrogens is 4. The van der Waals surface area contributed by atoms with Gasteiger partial charge in [0.05, 0.1) is 0 Å². The molecule has 2 atom stereocenters. The fourth-order valence-electron chi connectivity index (χ4n) is 1.20. The van der Waals surface area contributed by atoms with Gasteiger partial charge in [-0.25, -0.2) is 4.68 Å². The van der Waals surface area contributed by atoms with E-state index in [1.54, 1.807) is 0 Å². The zero-order valence-corrected chi connectivity index (χ0v) is 9.34. The van der Waals surface area contributed by atoms with Crippen molar-refractivity contribution < 1.29 is 4.79 Å². The van der Waals surface area contributed by atoms with Crippen LogP contribution in [0.25, 0.3) is 0 Å². The van der Waals surface area contributed by atoms with Gasteiger partial charge in [0.15, 0.2) is 0 Å². The molecule has 6 heteroatoms. The van der Waals surface area contributed by atoms with Crippen LogP contribution >= 0.6 is 0 Å². The number of nitrogens with one attached hydrogen (secondary N) is 1. The molecule has 0 saturated carbocycles. The fourth-order valence-corrected chi connectivity index (χ4v) is 1.20. The van der Waals surface area contributed by atoms with Crippen LogP contribution in [0.2, 0.25) is 0 Å². The van der Waals surface area contributed by atoms with E-state index in [-0.39, 0.29) is 18.5 Å². The first-order valence-electron chi connectivity index (χ1n) is 5.13. The standard InChI is InChI=1S/C9H17N5O/c1-4-7(2)8(3)11-9(15)5-14-6-10-12-13-14/h6-8H,4-5H2,1-3H3,(H,11,15). The zero-order chi connectivity index (χ0) is 11.3. The summed E-state index contributed by atoms with van der Waals surface area (Å²) in [6.45, 7) is 6.40. The molecule has 1 aromatic heterocycles. The highest BCUT2D eigenvalue weighted by Crippen LogP contribution is 2.06. The van der Waals surface area contributed by atoms with Crippen LogP contribution in [0.5, 0.6) is 0 Å². The summed E-state index contributed by atoms with van der Waals surface area (Å²) in [6.07, 6.45) is 2.47. The maximum atomic E-state index is 11.5. The van der Waals surface area contributed by atoms with Crippen LogP contribution < -0.4 is 5.32 Å². The highest BCUT2D eigenvalue weighted by Gasteiger charge is 2.13. The van der Waals surface area contributed by atoms with Gasteiger partial charge in [0.2, 0.25) is 5.91 Å². The van der Waals surface area contributed by atoms with Gasteiger partial charge in [-0.1, -0.05) is 20.3 Å². The van der Waals surface area contributed by atoms with Crippen LogP contribution in [-0.2, 0) is 11.3 Å². The molecule has 1 amide bonds. The minimum Gasteiger partial charge on any atom is -0.352 e. The van der Waals surface area contributed by atoms with Gasteiger partial charge in [-0.3, -0.25) is 4.79 Å². The predicted molar refractivity (Wildman–Crippen MR) is 54.9 cm³/mol. The van der Waals surface area contributed by atoms with Gasteiger partial charge in [0, 0.05) is 6.04 Å². The molecule has 0 aromatic carbocycles. The van der Waals surface area contributed by atoms with Gasteiger partial charge in [0.25, 0.3) is 0 Å². The van der Waals surface area contributed by atoms with Crippen molar-refractivity contribution in [2.24, 2.45) is 5.92 Å². The quantitative estimate of drug-likeness (QED) is 0.756. The normalized spacial score (nSPS) is 14.6. The van der Waals surface area contributed by atoms with Crippen molar-refractivity contribution in [3.05, 3.63) is 6.33 Å². The van der Waals surface area contributed by atoms with E-state index in [1.807, 2.05) is 6.92 Å². The van der Waals surface area contributed by atoms with Crippen LogP contribution in [0.4, 0.5) is 0 Å². The van der Waals surface area contributed by atoms with Crippen molar-refractivity contribution in [3.8, 4) is 0 Å². The van der Waals surface area contributed by atoms with Crippen molar-refractivity contribution in [1.82, 2.24) is 25.5 Å². The molecule has 15 heavy (non-hydrogen) atoms. The van der Waals surface area contributed by atoms with Gasteiger partial charge in [0.1, 0.15) is 12.9 Å². The summed E-state index contributed by atoms with van der Waals surface area (Å²) >= 11 is 0. The fraction of sp³-hybridized carbons (Fsp3) is 0.778. The maximum absolute atomic E-state index is 11.5. The molecule has 2 unspecified atom stereocenters. The molecule has 0 saturated heterocycles. The van der Waals surface area contributed by atoms with Crippen molar-refractivity contribution in [2.75, 3.05) is 0 Å². The third kappa shape index (κ3) is 3.65. The number of hydrogen-bond acceptors (Lipinski definition) is 4. The largest absolute Gasteiger partial charge is 0.352 e. The van der Waals surface area contributed by atoms with Crippen LogP contribution in [0.15, 0.2) is 6.33 Å². The van der Waals surface area contributed by atoms with E-state index in [1.165, 1.54) is 11.0 Å². The number of nitrogens with zero attached hydrogens (tertiary/aromatic N) is 4. The molecule has 0 fully saturated rings. The summed E-state index contributed by atoms with van der Waals surface area (Å²) in [7, 11) is 0. The molecule has 6 nitrogen and oxygen atoms in total. The Kier molecular flexibility index (Phi) is 4.20. The molecule has 0 bridgehead atoms. The van der Waals surface area contributed by atoms with Gasteiger partial charge in [-0.15, -0.1) is 5.10 Å². The maximum Gasteiger partial charge on any atom is 0.242 e. The Morgan fingerprint density at radius 2 is 2.27 bits per heavy atom. The minimum absolute atomic E-state index is 0.0601. The Hall–Kier alpha value is -1.46. The second kappa shape index (κ2) is 5.43. The Morgan fingerprint density at radius 1 is 1.53 bits per heavy atom.